The Morgan fingerprint density at radius 1 is 1.17 bits per heavy atom. The van der Waals surface area contributed by atoms with E-state index in [9.17, 15) is 5.11 Å². The first-order chi connectivity index (χ1) is 11.6. The molecule has 1 atom stereocenters. The van der Waals surface area contributed by atoms with Crippen LogP contribution in [0.5, 0.6) is 0 Å². The molecule has 2 N–H and O–H groups in total. The molecule has 24 heavy (non-hydrogen) atoms. The van der Waals surface area contributed by atoms with Gasteiger partial charge in [-0.1, -0.05) is 18.2 Å². The molecule has 2 aromatic rings. The van der Waals surface area contributed by atoms with Crippen molar-refractivity contribution in [1.82, 2.24) is 10.3 Å². The van der Waals surface area contributed by atoms with E-state index in [-0.39, 0.29) is 12.1 Å². The molecule has 0 spiro atoms. The molecule has 1 aliphatic heterocycles. The topological polar surface area (TPSA) is 48.4 Å². The summed E-state index contributed by atoms with van der Waals surface area (Å²) < 4.78 is 0. The van der Waals surface area contributed by atoms with Gasteiger partial charge in [0.15, 0.2) is 0 Å². The van der Waals surface area contributed by atoms with Crippen molar-refractivity contribution in [3.05, 3.63) is 59.4 Å². The second kappa shape index (κ2) is 7.77. The molecule has 1 aromatic heterocycles. The highest BCUT2D eigenvalue weighted by molar-refractivity contribution is 5.48. The van der Waals surface area contributed by atoms with E-state index in [2.05, 4.69) is 52.5 Å². The Balaban J connectivity index is 1.56. The number of aryl methyl sites for hydroxylation is 1. The fourth-order valence-electron chi connectivity index (χ4n) is 3.17. The standard InChI is InChI=1S/C20H27N3O/c1-15-4-3-5-18(22-15)14-21-16(2)17-6-8-19(9-7-17)23-12-10-20(24)11-13-23/h3-9,16,20-21,24H,10-14H2,1-2H3. The normalized spacial score (nSPS) is 17.0. The molecule has 1 fully saturated rings. The summed E-state index contributed by atoms with van der Waals surface area (Å²) in [6, 6.07) is 15.2. The van der Waals surface area contributed by atoms with Crippen LogP contribution in [0.3, 0.4) is 0 Å². The Labute approximate surface area is 144 Å². The highest BCUT2D eigenvalue weighted by Crippen LogP contribution is 2.22. The lowest BCUT2D eigenvalue weighted by Gasteiger charge is -2.31. The van der Waals surface area contributed by atoms with E-state index in [0.29, 0.717) is 0 Å². The molecule has 0 bridgehead atoms. The number of nitrogens with zero attached hydrogens (tertiary/aromatic N) is 2. The number of rotatable bonds is 5. The number of aliphatic hydroxyl groups excluding tert-OH is 1. The van der Waals surface area contributed by atoms with Crippen LogP contribution in [0.4, 0.5) is 5.69 Å². The van der Waals surface area contributed by atoms with Gasteiger partial charge in [0.1, 0.15) is 0 Å². The molecule has 1 aliphatic rings. The van der Waals surface area contributed by atoms with Crippen LogP contribution in [0.25, 0.3) is 0 Å². The van der Waals surface area contributed by atoms with Crippen molar-refractivity contribution in [2.45, 2.75) is 45.4 Å². The second-order valence-corrected chi connectivity index (χ2v) is 6.68. The molecule has 2 heterocycles. The zero-order chi connectivity index (χ0) is 16.9. The number of hydrogen-bond donors (Lipinski definition) is 2. The number of anilines is 1. The zero-order valence-electron chi connectivity index (χ0n) is 14.6. The van der Waals surface area contributed by atoms with E-state index >= 15 is 0 Å². The first-order valence-electron chi connectivity index (χ1n) is 8.81. The monoisotopic (exact) mass is 325 g/mol. The number of benzene rings is 1. The van der Waals surface area contributed by atoms with E-state index < -0.39 is 0 Å². The minimum atomic E-state index is -0.125. The van der Waals surface area contributed by atoms with Gasteiger partial charge in [0.25, 0.3) is 0 Å². The van der Waals surface area contributed by atoms with Gasteiger partial charge in [-0.15, -0.1) is 0 Å². The van der Waals surface area contributed by atoms with Crippen LogP contribution in [0.2, 0.25) is 0 Å². The highest BCUT2D eigenvalue weighted by Gasteiger charge is 2.17. The average Bonchev–Trinajstić information content (AvgIpc) is 2.61. The Morgan fingerprint density at radius 3 is 2.54 bits per heavy atom. The largest absolute Gasteiger partial charge is 0.393 e. The quantitative estimate of drug-likeness (QED) is 0.886. The van der Waals surface area contributed by atoms with E-state index in [1.165, 1.54) is 11.3 Å². The van der Waals surface area contributed by atoms with Crippen molar-refractivity contribution in [1.29, 1.82) is 0 Å². The minimum Gasteiger partial charge on any atom is -0.393 e. The molecular weight excluding hydrogens is 298 g/mol. The van der Waals surface area contributed by atoms with Crippen molar-refractivity contribution in [3.8, 4) is 0 Å². The fraction of sp³-hybridized carbons (Fsp3) is 0.450. The van der Waals surface area contributed by atoms with Gasteiger partial charge in [-0.05, 0) is 56.5 Å². The van der Waals surface area contributed by atoms with Gasteiger partial charge < -0.3 is 15.3 Å². The molecule has 0 radical (unpaired) electrons. The average molecular weight is 325 g/mol. The SMILES string of the molecule is Cc1cccc(CNC(C)c2ccc(N3CCC(O)CC3)cc2)n1. The van der Waals surface area contributed by atoms with Gasteiger partial charge in [0.2, 0.25) is 0 Å². The Hall–Kier alpha value is -1.91. The summed E-state index contributed by atoms with van der Waals surface area (Å²) in [7, 11) is 0. The van der Waals surface area contributed by atoms with E-state index in [0.717, 1.165) is 43.9 Å². The number of hydrogen-bond acceptors (Lipinski definition) is 4. The zero-order valence-corrected chi connectivity index (χ0v) is 14.6. The summed E-state index contributed by atoms with van der Waals surface area (Å²) in [6.07, 6.45) is 1.60. The van der Waals surface area contributed by atoms with Crippen LogP contribution >= 0.6 is 0 Å². The summed E-state index contributed by atoms with van der Waals surface area (Å²) in [5, 5.41) is 13.2. The molecular formula is C20H27N3O. The van der Waals surface area contributed by atoms with Crippen molar-refractivity contribution < 1.29 is 5.11 Å². The van der Waals surface area contributed by atoms with Crippen LogP contribution in [0.15, 0.2) is 42.5 Å². The maximum atomic E-state index is 9.62. The third kappa shape index (κ3) is 4.34. The van der Waals surface area contributed by atoms with E-state index in [4.69, 9.17) is 0 Å². The third-order valence-electron chi connectivity index (χ3n) is 4.76. The van der Waals surface area contributed by atoms with E-state index in [1.807, 2.05) is 19.1 Å². The maximum absolute atomic E-state index is 9.62. The highest BCUT2D eigenvalue weighted by atomic mass is 16.3. The molecule has 0 saturated carbocycles. The first kappa shape index (κ1) is 16.9. The summed E-state index contributed by atoms with van der Waals surface area (Å²) >= 11 is 0. The lowest BCUT2D eigenvalue weighted by atomic mass is 10.0. The van der Waals surface area contributed by atoms with Crippen LogP contribution in [-0.4, -0.2) is 29.3 Å². The molecule has 1 unspecified atom stereocenters. The Morgan fingerprint density at radius 2 is 1.88 bits per heavy atom. The van der Waals surface area contributed by atoms with Gasteiger partial charge in [0.05, 0.1) is 11.8 Å². The number of pyridine rings is 1. The van der Waals surface area contributed by atoms with Gasteiger partial charge in [-0.25, -0.2) is 0 Å². The smallest absolute Gasteiger partial charge is 0.0574 e. The van der Waals surface area contributed by atoms with Gasteiger partial charge in [-0.3, -0.25) is 4.98 Å². The molecule has 128 valence electrons. The van der Waals surface area contributed by atoms with Crippen molar-refractivity contribution >= 4 is 5.69 Å². The fourth-order valence-corrected chi connectivity index (χ4v) is 3.17. The number of aliphatic hydroxyl groups is 1. The molecule has 1 aromatic carbocycles. The lowest BCUT2D eigenvalue weighted by Crippen LogP contribution is -2.35. The summed E-state index contributed by atoms with van der Waals surface area (Å²) in [5.41, 5.74) is 4.66. The first-order valence-corrected chi connectivity index (χ1v) is 8.81. The summed E-state index contributed by atoms with van der Waals surface area (Å²) in [5.74, 6) is 0. The Kier molecular flexibility index (Phi) is 5.48. The number of piperidine rings is 1. The second-order valence-electron chi connectivity index (χ2n) is 6.68. The predicted molar refractivity (Wildman–Crippen MR) is 98.1 cm³/mol. The molecule has 0 aliphatic carbocycles. The molecule has 4 heteroatoms. The van der Waals surface area contributed by atoms with Crippen LogP contribution in [-0.2, 0) is 6.54 Å². The van der Waals surface area contributed by atoms with Gasteiger partial charge in [-0.2, -0.15) is 0 Å². The molecule has 4 nitrogen and oxygen atoms in total. The summed E-state index contributed by atoms with van der Waals surface area (Å²) in [6.45, 7) is 6.85. The predicted octanol–water partition coefficient (Wildman–Crippen LogP) is 3.20. The van der Waals surface area contributed by atoms with Gasteiger partial charge >= 0.3 is 0 Å². The molecule has 3 rings (SSSR count). The number of aromatic nitrogens is 1. The van der Waals surface area contributed by atoms with Crippen LogP contribution in [0.1, 0.15) is 42.8 Å². The number of nitrogens with one attached hydrogen (secondary N) is 1. The Bertz CT molecular complexity index is 648. The van der Waals surface area contributed by atoms with Crippen molar-refractivity contribution in [2.24, 2.45) is 0 Å². The van der Waals surface area contributed by atoms with Crippen molar-refractivity contribution in [3.63, 3.8) is 0 Å². The maximum Gasteiger partial charge on any atom is 0.0574 e. The van der Waals surface area contributed by atoms with Crippen LogP contribution in [0, 0.1) is 6.92 Å². The lowest BCUT2D eigenvalue weighted by molar-refractivity contribution is 0.145. The molecule has 0 amide bonds. The molecule has 1 saturated heterocycles. The van der Waals surface area contributed by atoms with Gasteiger partial charge in [0, 0.05) is 37.1 Å². The van der Waals surface area contributed by atoms with Crippen LogP contribution < -0.4 is 10.2 Å². The van der Waals surface area contributed by atoms with Crippen molar-refractivity contribution in [2.75, 3.05) is 18.0 Å². The minimum absolute atomic E-state index is 0.125. The summed E-state index contributed by atoms with van der Waals surface area (Å²) in [4.78, 5) is 6.88. The third-order valence-corrected chi connectivity index (χ3v) is 4.76. The van der Waals surface area contributed by atoms with E-state index in [1.54, 1.807) is 0 Å².